The van der Waals surface area contributed by atoms with E-state index in [0.29, 0.717) is 15.8 Å². The zero-order valence-corrected chi connectivity index (χ0v) is 14.5. The third kappa shape index (κ3) is 2.61. The number of thiophene rings is 1. The van der Waals surface area contributed by atoms with Crippen LogP contribution in [0.1, 0.15) is 32.9 Å². The number of nitrogens with zero attached hydrogens (tertiary/aromatic N) is 1. The minimum Gasteiger partial charge on any atom is -0.284 e. The lowest BCUT2D eigenvalue weighted by Gasteiger charge is -2.15. The number of halogens is 4. The lowest BCUT2D eigenvalue weighted by atomic mass is 9.91. The zero-order valence-electron chi connectivity index (χ0n) is 13.7. The van der Waals surface area contributed by atoms with E-state index in [9.17, 15) is 22.4 Å². The predicted molar refractivity (Wildman–Crippen MR) is 92.2 cm³/mol. The lowest BCUT2D eigenvalue weighted by molar-refractivity contribution is -0.0885. The maximum Gasteiger partial charge on any atom is 0.454 e. The fraction of sp³-hybridized carbons (Fsp3) is 0.263. The van der Waals surface area contributed by atoms with Gasteiger partial charge in [0.25, 0.3) is 5.78 Å². The number of alkyl halides is 3. The zero-order chi connectivity index (χ0) is 18.6. The second-order valence-electron chi connectivity index (χ2n) is 6.32. The van der Waals surface area contributed by atoms with Crippen LogP contribution < -0.4 is 0 Å². The van der Waals surface area contributed by atoms with Crippen molar-refractivity contribution < 1.29 is 22.4 Å². The van der Waals surface area contributed by atoms with Crippen LogP contribution in [0.3, 0.4) is 0 Å². The predicted octanol–water partition coefficient (Wildman–Crippen LogP) is 5.64. The number of carbonyl (C=O) groups is 1. The van der Waals surface area contributed by atoms with E-state index < -0.39 is 23.3 Å². The molecule has 0 N–H and O–H groups in total. The van der Waals surface area contributed by atoms with Gasteiger partial charge in [0.1, 0.15) is 10.6 Å². The number of fused-ring (bicyclic) bond motifs is 3. The monoisotopic (exact) mass is 379 g/mol. The van der Waals surface area contributed by atoms with Crippen molar-refractivity contribution in [2.45, 2.75) is 32.4 Å². The van der Waals surface area contributed by atoms with E-state index in [1.54, 1.807) is 0 Å². The number of rotatable bonds is 2. The van der Waals surface area contributed by atoms with Crippen molar-refractivity contribution in [2.24, 2.45) is 0 Å². The molecule has 0 saturated heterocycles. The van der Waals surface area contributed by atoms with Gasteiger partial charge in [-0.15, -0.1) is 11.3 Å². The molecule has 0 bridgehead atoms. The normalized spacial score (nSPS) is 14.0. The topological polar surface area (TPSA) is 30.0 Å². The molecular weight excluding hydrogens is 366 g/mol. The van der Waals surface area contributed by atoms with Crippen molar-refractivity contribution in [3.05, 3.63) is 51.8 Å². The highest BCUT2D eigenvalue weighted by atomic mass is 32.1. The van der Waals surface area contributed by atoms with Crippen LogP contribution in [0, 0.1) is 12.7 Å². The first kappa shape index (κ1) is 17.1. The second kappa shape index (κ2) is 5.87. The summed E-state index contributed by atoms with van der Waals surface area (Å²) in [6.45, 7) is 1.41. The Morgan fingerprint density at radius 2 is 1.85 bits per heavy atom. The Morgan fingerprint density at radius 3 is 2.50 bits per heavy atom. The first-order valence-corrected chi connectivity index (χ1v) is 8.91. The van der Waals surface area contributed by atoms with E-state index in [0.717, 1.165) is 29.7 Å². The van der Waals surface area contributed by atoms with E-state index in [1.807, 2.05) is 0 Å². The third-order valence-corrected chi connectivity index (χ3v) is 5.84. The SMILES string of the molecule is Cc1nc2sc3c(c2c(-c2ccc(F)cc2)c1C(=O)C(F)(F)F)CCC3. The molecule has 0 unspecified atom stereocenters. The standard InChI is InChI=1S/C19H13F4NOS/c1-9-14(17(25)19(21,22)23)15(10-5-7-11(20)8-6-10)16-12-3-2-4-13(12)26-18(16)24-9/h5-8H,2-4H2,1H3. The van der Waals surface area contributed by atoms with E-state index in [4.69, 9.17) is 0 Å². The van der Waals surface area contributed by atoms with Gasteiger partial charge in [0, 0.05) is 15.8 Å². The maximum absolute atomic E-state index is 13.3. The quantitative estimate of drug-likeness (QED) is 0.426. The molecule has 2 heterocycles. The Morgan fingerprint density at radius 1 is 1.15 bits per heavy atom. The third-order valence-electron chi connectivity index (χ3n) is 4.65. The van der Waals surface area contributed by atoms with E-state index in [-0.39, 0.29) is 11.3 Å². The summed E-state index contributed by atoms with van der Waals surface area (Å²) in [5.74, 6) is -2.41. The minimum atomic E-state index is -5.01. The molecule has 0 atom stereocenters. The van der Waals surface area contributed by atoms with Crippen molar-refractivity contribution in [2.75, 3.05) is 0 Å². The summed E-state index contributed by atoms with van der Waals surface area (Å²) in [6, 6.07) is 5.20. The smallest absolute Gasteiger partial charge is 0.284 e. The Hall–Kier alpha value is -2.28. The molecule has 0 radical (unpaired) electrons. The molecule has 2 aromatic heterocycles. The van der Waals surface area contributed by atoms with E-state index in [1.165, 1.54) is 42.5 Å². The average molecular weight is 379 g/mol. The van der Waals surface area contributed by atoms with Crippen LogP contribution in [0.25, 0.3) is 21.3 Å². The second-order valence-corrected chi connectivity index (χ2v) is 7.40. The number of Topliss-reactive ketones (excluding diaryl/α,β-unsaturated/α-hetero) is 1. The average Bonchev–Trinajstić information content (AvgIpc) is 3.13. The molecule has 0 saturated carbocycles. The Balaban J connectivity index is 2.12. The molecule has 1 aliphatic carbocycles. The number of pyridine rings is 1. The van der Waals surface area contributed by atoms with Crippen LogP contribution in [0.4, 0.5) is 17.6 Å². The fourth-order valence-corrected chi connectivity index (χ4v) is 4.88. The molecule has 1 aromatic carbocycles. The number of benzene rings is 1. The molecule has 0 fully saturated rings. The van der Waals surface area contributed by atoms with Gasteiger partial charge in [-0.1, -0.05) is 12.1 Å². The van der Waals surface area contributed by atoms with Crippen molar-refractivity contribution >= 4 is 27.3 Å². The van der Waals surface area contributed by atoms with E-state index >= 15 is 0 Å². The summed E-state index contributed by atoms with van der Waals surface area (Å²) in [5.41, 5.74) is 1.17. The summed E-state index contributed by atoms with van der Waals surface area (Å²) < 4.78 is 53.1. The lowest BCUT2D eigenvalue weighted by Crippen LogP contribution is -2.25. The fourth-order valence-electron chi connectivity index (χ4n) is 3.57. The summed E-state index contributed by atoms with van der Waals surface area (Å²) in [7, 11) is 0. The van der Waals surface area contributed by atoms with Gasteiger partial charge in [0.05, 0.1) is 11.3 Å². The number of aromatic nitrogens is 1. The molecule has 7 heteroatoms. The number of carbonyl (C=O) groups excluding carboxylic acids is 1. The molecule has 4 rings (SSSR count). The molecule has 26 heavy (non-hydrogen) atoms. The van der Waals surface area contributed by atoms with Crippen molar-refractivity contribution in [1.29, 1.82) is 0 Å². The molecular formula is C19H13F4NOS. The van der Waals surface area contributed by atoms with E-state index in [2.05, 4.69) is 4.98 Å². The van der Waals surface area contributed by atoms with Gasteiger partial charge < -0.3 is 0 Å². The maximum atomic E-state index is 13.3. The summed E-state index contributed by atoms with van der Waals surface area (Å²) in [4.78, 5) is 18.2. The van der Waals surface area contributed by atoms with Gasteiger partial charge in [-0.3, -0.25) is 4.79 Å². The van der Waals surface area contributed by atoms with Crippen LogP contribution in [0.2, 0.25) is 0 Å². The van der Waals surface area contributed by atoms with Crippen molar-refractivity contribution in [1.82, 2.24) is 4.98 Å². The number of hydrogen-bond acceptors (Lipinski definition) is 3. The first-order valence-electron chi connectivity index (χ1n) is 8.09. The van der Waals surface area contributed by atoms with Gasteiger partial charge in [-0.25, -0.2) is 9.37 Å². The van der Waals surface area contributed by atoms with Crippen LogP contribution in [-0.2, 0) is 12.8 Å². The molecule has 0 aliphatic heterocycles. The Labute approximate surface area is 150 Å². The molecule has 0 amide bonds. The molecule has 0 spiro atoms. The summed E-state index contributed by atoms with van der Waals surface area (Å²) in [6.07, 6.45) is -2.47. The highest BCUT2D eigenvalue weighted by Gasteiger charge is 2.42. The van der Waals surface area contributed by atoms with Gasteiger partial charge in [-0.2, -0.15) is 13.2 Å². The highest BCUT2D eigenvalue weighted by Crippen LogP contribution is 2.44. The highest BCUT2D eigenvalue weighted by molar-refractivity contribution is 7.19. The molecule has 134 valence electrons. The number of ketones is 1. The van der Waals surface area contributed by atoms with Crippen LogP contribution >= 0.6 is 11.3 Å². The molecule has 3 aromatic rings. The largest absolute Gasteiger partial charge is 0.454 e. The van der Waals surface area contributed by atoms with Crippen LogP contribution in [0.5, 0.6) is 0 Å². The first-order chi connectivity index (χ1) is 12.3. The number of hydrogen-bond donors (Lipinski definition) is 0. The van der Waals surface area contributed by atoms with Gasteiger partial charge in [-0.05, 0) is 49.4 Å². The minimum absolute atomic E-state index is 0.0408. The van der Waals surface area contributed by atoms with Crippen LogP contribution in [0.15, 0.2) is 24.3 Å². The van der Waals surface area contributed by atoms with Gasteiger partial charge >= 0.3 is 6.18 Å². The summed E-state index contributed by atoms with van der Waals surface area (Å²) >= 11 is 1.46. The van der Waals surface area contributed by atoms with Crippen LogP contribution in [-0.4, -0.2) is 16.9 Å². The molecule has 1 aliphatic rings. The number of aryl methyl sites for hydroxylation is 3. The van der Waals surface area contributed by atoms with Gasteiger partial charge in [0.2, 0.25) is 0 Å². The Kier molecular flexibility index (Phi) is 3.87. The Bertz CT molecular complexity index is 1030. The summed E-state index contributed by atoms with van der Waals surface area (Å²) in [5, 5.41) is 0.604. The van der Waals surface area contributed by atoms with Crippen molar-refractivity contribution in [3.8, 4) is 11.1 Å². The van der Waals surface area contributed by atoms with Gasteiger partial charge in [0.15, 0.2) is 0 Å². The van der Waals surface area contributed by atoms with Crippen molar-refractivity contribution in [3.63, 3.8) is 0 Å². The molecule has 2 nitrogen and oxygen atoms in total.